The number of hydrogen-bond donors (Lipinski definition) is 3. The summed E-state index contributed by atoms with van der Waals surface area (Å²) in [7, 11) is -4.00. The Morgan fingerprint density at radius 3 is 2.38 bits per heavy atom. The molecular formula is C39H54N6O9S. The topological polar surface area (TPSA) is 195 Å². The molecule has 7 unspecified atom stereocenters. The summed E-state index contributed by atoms with van der Waals surface area (Å²) in [6, 6.07) is 5.11. The van der Waals surface area contributed by atoms with Gasteiger partial charge in [0.25, 0.3) is 5.91 Å². The van der Waals surface area contributed by atoms with Crippen molar-refractivity contribution in [1.29, 1.82) is 0 Å². The van der Waals surface area contributed by atoms with Gasteiger partial charge >= 0.3 is 6.09 Å². The number of allylic oxidation sites excluding steroid dienone is 1. The third-order valence-electron chi connectivity index (χ3n) is 11.1. The number of ether oxygens (including phenoxy) is 3. The van der Waals surface area contributed by atoms with E-state index in [1.54, 1.807) is 27.7 Å². The van der Waals surface area contributed by atoms with Crippen LogP contribution in [-0.2, 0) is 29.1 Å². The van der Waals surface area contributed by atoms with Crippen LogP contribution in [-0.4, -0.2) is 94.6 Å². The van der Waals surface area contributed by atoms with E-state index in [0.717, 1.165) is 6.42 Å². The lowest BCUT2D eigenvalue weighted by atomic mass is 9.88. The zero-order chi connectivity index (χ0) is 39.9. The Kier molecular flexibility index (Phi) is 11.1. The van der Waals surface area contributed by atoms with Crippen molar-refractivity contribution in [2.24, 2.45) is 17.8 Å². The van der Waals surface area contributed by atoms with E-state index < -0.39 is 73.8 Å². The van der Waals surface area contributed by atoms with E-state index in [0.29, 0.717) is 48.9 Å². The number of nitrogens with zero attached hydrogens (tertiary/aromatic N) is 3. The van der Waals surface area contributed by atoms with Gasteiger partial charge in [0.1, 0.15) is 29.3 Å². The van der Waals surface area contributed by atoms with Gasteiger partial charge < -0.3 is 29.7 Å². The van der Waals surface area contributed by atoms with Gasteiger partial charge in [0.05, 0.1) is 28.7 Å². The van der Waals surface area contributed by atoms with E-state index in [4.69, 9.17) is 14.2 Å². The first-order chi connectivity index (χ1) is 25.9. The third-order valence-corrected chi connectivity index (χ3v) is 13.3. The molecule has 3 fully saturated rings. The van der Waals surface area contributed by atoms with Crippen LogP contribution in [0.4, 0.5) is 4.79 Å². The van der Waals surface area contributed by atoms with Crippen LogP contribution in [0.15, 0.2) is 36.4 Å². The lowest BCUT2D eigenvalue weighted by Gasteiger charge is -2.33. The van der Waals surface area contributed by atoms with Crippen molar-refractivity contribution in [1.82, 2.24) is 30.5 Å². The average molecular weight is 783 g/mol. The summed E-state index contributed by atoms with van der Waals surface area (Å²) in [6.45, 7) is 12.9. The normalized spacial score (nSPS) is 29.5. The smallest absolute Gasteiger partial charge is 0.408 e. The second-order valence-corrected chi connectivity index (χ2v) is 19.1. The first-order valence-corrected chi connectivity index (χ1v) is 20.7. The van der Waals surface area contributed by atoms with Crippen molar-refractivity contribution >= 4 is 44.6 Å². The number of aromatic nitrogens is 2. The SMILES string of the molecule is CCOc1nnc(OC2CC3C(=O)NC4(C(=O)NS(=O)(=O)C5(C)CC5)CC4C=CCCC(C)CC(C)C(NC(=O)OC(C)(C)C)C(=O)N3C2)c2ccccc12. The highest BCUT2D eigenvalue weighted by molar-refractivity contribution is 7.91. The molecule has 4 amide bonds. The Morgan fingerprint density at radius 2 is 1.73 bits per heavy atom. The number of nitrogens with one attached hydrogen (secondary N) is 3. The van der Waals surface area contributed by atoms with Gasteiger partial charge in [-0.3, -0.25) is 19.1 Å². The van der Waals surface area contributed by atoms with Gasteiger partial charge in [0.2, 0.25) is 33.6 Å². The van der Waals surface area contributed by atoms with Gasteiger partial charge in [-0.05, 0) is 97.1 Å². The molecule has 1 aromatic heterocycles. The highest BCUT2D eigenvalue weighted by Gasteiger charge is 2.63. The standard InChI is InChI=1S/C39H54N6O9S/c1-8-52-32-27-15-11-12-16-28(27)33(43-42-32)53-26-20-29-31(46)41-39(35(48)44-55(50,51)38(7)17-18-38)21-25(39)14-10-9-13-23(2)19-24(3)30(34(47)45(29)22-26)40-36(49)54-37(4,5)6/h10-12,14-16,23-26,29-30H,8-9,13,17-22H2,1-7H3,(H,40,49)(H,41,46)(H,44,48). The van der Waals surface area contributed by atoms with Gasteiger partial charge in [-0.1, -0.05) is 38.1 Å². The number of carbonyl (C=O) groups is 4. The van der Waals surface area contributed by atoms with E-state index in [1.165, 1.54) is 4.90 Å². The number of fused-ring (bicyclic) bond motifs is 3. The molecule has 1 aromatic carbocycles. The molecule has 6 rings (SSSR count). The Hall–Kier alpha value is -4.47. The lowest BCUT2D eigenvalue weighted by molar-refractivity contribution is -0.142. The molecule has 3 N–H and O–H groups in total. The molecule has 300 valence electrons. The van der Waals surface area contributed by atoms with E-state index in [1.807, 2.05) is 50.3 Å². The summed E-state index contributed by atoms with van der Waals surface area (Å²) in [5.74, 6) is -2.10. The number of amides is 4. The quantitative estimate of drug-likeness (QED) is 0.326. The Bertz CT molecular complexity index is 1960. The summed E-state index contributed by atoms with van der Waals surface area (Å²) >= 11 is 0. The minimum atomic E-state index is -4.00. The summed E-state index contributed by atoms with van der Waals surface area (Å²) < 4.78 is 45.3. The molecule has 0 spiro atoms. The fourth-order valence-electron chi connectivity index (χ4n) is 7.57. The monoisotopic (exact) mass is 782 g/mol. The molecule has 2 aromatic rings. The van der Waals surface area contributed by atoms with Gasteiger partial charge in [-0.2, -0.15) is 0 Å². The summed E-state index contributed by atoms with van der Waals surface area (Å²) in [5, 5.41) is 15.5. The van der Waals surface area contributed by atoms with Gasteiger partial charge in [-0.15, -0.1) is 10.2 Å². The molecule has 4 aliphatic rings. The van der Waals surface area contributed by atoms with Crippen LogP contribution in [0.2, 0.25) is 0 Å². The molecule has 55 heavy (non-hydrogen) atoms. The largest absolute Gasteiger partial charge is 0.476 e. The van der Waals surface area contributed by atoms with Crippen molar-refractivity contribution in [3.05, 3.63) is 36.4 Å². The predicted octanol–water partition coefficient (Wildman–Crippen LogP) is 4.16. The van der Waals surface area contributed by atoms with Crippen molar-refractivity contribution < 1.29 is 41.8 Å². The van der Waals surface area contributed by atoms with Crippen LogP contribution in [0.1, 0.15) is 93.4 Å². The van der Waals surface area contributed by atoms with Crippen molar-refractivity contribution in [2.75, 3.05) is 13.2 Å². The molecule has 0 radical (unpaired) electrons. The first kappa shape index (κ1) is 40.2. The van der Waals surface area contributed by atoms with Crippen molar-refractivity contribution in [3.63, 3.8) is 0 Å². The fourth-order valence-corrected chi connectivity index (χ4v) is 8.89. The third kappa shape index (κ3) is 8.68. The molecular weight excluding hydrogens is 729 g/mol. The van der Waals surface area contributed by atoms with Gasteiger partial charge in [0.15, 0.2) is 0 Å². The van der Waals surface area contributed by atoms with Crippen LogP contribution in [0.25, 0.3) is 10.8 Å². The number of hydrogen-bond acceptors (Lipinski definition) is 11. The zero-order valence-electron chi connectivity index (χ0n) is 32.7. The minimum Gasteiger partial charge on any atom is -0.476 e. The van der Waals surface area contributed by atoms with Crippen LogP contribution >= 0.6 is 0 Å². The fraction of sp³-hybridized carbons (Fsp3) is 0.641. The maximum Gasteiger partial charge on any atom is 0.408 e. The van der Waals surface area contributed by atoms with Gasteiger partial charge in [0, 0.05) is 12.3 Å². The molecule has 16 heteroatoms. The van der Waals surface area contributed by atoms with Crippen LogP contribution in [0.3, 0.4) is 0 Å². The molecule has 2 aliphatic carbocycles. The summed E-state index contributed by atoms with van der Waals surface area (Å²) in [5.41, 5.74) is -2.37. The molecule has 7 atom stereocenters. The molecule has 1 saturated heterocycles. The Labute approximate surface area is 322 Å². The number of benzene rings is 1. The van der Waals surface area contributed by atoms with E-state index in [2.05, 4.69) is 32.5 Å². The highest BCUT2D eigenvalue weighted by atomic mass is 32.2. The Balaban J connectivity index is 1.35. The van der Waals surface area contributed by atoms with Crippen molar-refractivity contribution in [3.8, 4) is 11.8 Å². The average Bonchev–Trinajstić information content (AvgIpc) is 3.99. The van der Waals surface area contributed by atoms with Crippen LogP contribution in [0, 0.1) is 17.8 Å². The van der Waals surface area contributed by atoms with Crippen molar-refractivity contribution in [2.45, 2.75) is 127 Å². The van der Waals surface area contributed by atoms with E-state index in [9.17, 15) is 27.6 Å². The first-order valence-electron chi connectivity index (χ1n) is 19.3. The maximum atomic E-state index is 14.8. The lowest BCUT2D eigenvalue weighted by Crippen LogP contribution is -2.59. The number of sulfonamides is 1. The second-order valence-electron chi connectivity index (χ2n) is 16.9. The van der Waals surface area contributed by atoms with Gasteiger partial charge in [-0.25, -0.2) is 13.2 Å². The molecule has 2 aliphatic heterocycles. The predicted molar refractivity (Wildman–Crippen MR) is 203 cm³/mol. The summed E-state index contributed by atoms with van der Waals surface area (Å²) in [6.07, 6.45) is 5.40. The number of alkyl carbamates (subject to hydrolysis) is 1. The maximum absolute atomic E-state index is 14.8. The minimum absolute atomic E-state index is 0.0132. The van der Waals surface area contributed by atoms with Crippen LogP contribution < -0.4 is 24.8 Å². The van der Waals surface area contributed by atoms with E-state index >= 15 is 0 Å². The molecule has 2 saturated carbocycles. The second kappa shape index (κ2) is 15.2. The highest BCUT2D eigenvalue weighted by Crippen LogP contribution is 2.47. The molecule has 3 heterocycles. The Morgan fingerprint density at radius 1 is 1.05 bits per heavy atom. The van der Waals surface area contributed by atoms with E-state index in [-0.39, 0.29) is 37.1 Å². The zero-order valence-corrected chi connectivity index (χ0v) is 33.5. The number of carbonyl (C=O) groups excluding carboxylic acids is 4. The van der Waals surface area contributed by atoms with Crippen LogP contribution in [0.5, 0.6) is 11.8 Å². The molecule has 0 bridgehead atoms. The molecule has 15 nitrogen and oxygen atoms in total. The number of rotatable bonds is 8. The summed E-state index contributed by atoms with van der Waals surface area (Å²) in [4.78, 5) is 57.8.